The Hall–Kier alpha value is -2.37. The minimum absolute atomic E-state index is 0.0332. The third-order valence-corrected chi connectivity index (χ3v) is 3.53. The molecule has 1 amide bonds. The topological polar surface area (TPSA) is 63.1 Å². The second-order valence-electron chi connectivity index (χ2n) is 5.06. The van der Waals surface area contributed by atoms with E-state index in [-0.39, 0.29) is 11.9 Å². The molecule has 3 rings (SSSR count). The highest BCUT2D eigenvalue weighted by atomic mass is 16.2. The zero-order valence-corrected chi connectivity index (χ0v) is 11.6. The summed E-state index contributed by atoms with van der Waals surface area (Å²) in [5.41, 5.74) is 1.78. The lowest BCUT2D eigenvalue weighted by Gasteiger charge is -2.26. The van der Waals surface area contributed by atoms with Crippen molar-refractivity contribution in [3.05, 3.63) is 41.9 Å². The van der Waals surface area contributed by atoms with Crippen LogP contribution in [-0.4, -0.2) is 46.2 Å². The van der Waals surface area contributed by atoms with Crippen LogP contribution in [0.15, 0.2) is 30.7 Å². The molecule has 6 nitrogen and oxygen atoms in total. The van der Waals surface area contributed by atoms with Crippen LogP contribution in [0.3, 0.4) is 0 Å². The Morgan fingerprint density at radius 2 is 2.15 bits per heavy atom. The van der Waals surface area contributed by atoms with Crippen molar-refractivity contribution in [2.75, 3.05) is 26.0 Å². The normalized spacial score (nSPS) is 17.2. The molecule has 2 aromatic heterocycles. The maximum absolute atomic E-state index is 12.1. The average molecular weight is 271 g/mol. The highest BCUT2D eigenvalue weighted by Gasteiger charge is 2.27. The lowest BCUT2D eigenvalue weighted by molar-refractivity contribution is 0.0828. The second kappa shape index (κ2) is 4.96. The number of pyridine rings is 1. The Balaban J connectivity index is 2.01. The van der Waals surface area contributed by atoms with E-state index in [1.807, 2.05) is 16.8 Å². The lowest BCUT2D eigenvalue weighted by Crippen LogP contribution is -2.27. The van der Waals surface area contributed by atoms with Crippen LogP contribution < -0.4 is 5.32 Å². The first-order chi connectivity index (χ1) is 9.68. The van der Waals surface area contributed by atoms with Crippen molar-refractivity contribution in [1.82, 2.24) is 19.7 Å². The van der Waals surface area contributed by atoms with Crippen LogP contribution in [0.5, 0.6) is 0 Å². The molecule has 1 aliphatic rings. The van der Waals surface area contributed by atoms with Crippen molar-refractivity contribution in [3.63, 3.8) is 0 Å². The molecule has 0 aliphatic carbocycles. The van der Waals surface area contributed by atoms with Gasteiger partial charge in [-0.2, -0.15) is 5.10 Å². The summed E-state index contributed by atoms with van der Waals surface area (Å²) in [6.07, 6.45) is 6.15. The maximum atomic E-state index is 12.1. The molecule has 20 heavy (non-hydrogen) atoms. The summed E-state index contributed by atoms with van der Waals surface area (Å²) in [7, 11) is 3.49. The Kier molecular flexibility index (Phi) is 3.14. The van der Waals surface area contributed by atoms with E-state index in [2.05, 4.69) is 15.4 Å². The fourth-order valence-electron chi connectivity index (χ4n) is 2.52. The SMILES string of the molecule is CN(C)C(=O)c1cnn2c1NCCC2c1ccncc1. The van der Waals surface area contributed by atoms with Gasteiger partial charge in [-0.15, -0.1) is 0 Å². The molecule has 1 unspecified atom stereocenters. The van der Waals surface area contributed by atoms with Crippen molar-refractivity contribution in [2.24, 2.45) is 0 Å². The van der Waals surface area contributed by atoms with Gasteiger partial charge in [-0.3, -0.25) is 9.78 Å². The van der Waals surface area contributed by atoms with Gasteiger partial charge < -0.3 is 10.2 Å². The smallest absolute Gasteiger partial charge is 0.258 e. The zero-order valence-electron chi connectivity index (χ0n) is 11.6. The quantitative estimate of drug-likeness (QED) is 0.896. The van der Waals surface area contributed by atoms with Crippen molar-refractivity contribution < 1.29 is 4.79 Å². The van der Waals surface area contributed by atoms with E-state index < -0.39 is 0 Å². The first-order valence-corrected chi connectivity index (χ1v) is 6.61. The average Bonchev–Trinajstić information content (AvgIpc) is 2.91. The van der Waals surface area contributed by atoms with Crippen molar-refractivity contribution in [2.45, 2.75) is 12.5 Å². The molecule has 0 saturated heterocycles. The molecule has 0 radical (unpaired) electrons. The van der Waals surface area contributed by atoms with Crippen LogP contribution in [0.25, 0.3) is 0 Å². The van der Waals surface area contributed by atoms with E-state index in [9.17, 15) is 4.79 Å². The number of rotatable bonds is 2. The molecule has 0 bridgehead atoms. The Bertz CT molecular complexity index is 620. The van der Waals surface area contributed by atoms with E-state index in [0.717, 1.165) is 24.3 Å². The molecule has 1 N–H and O–H groups in total. The fourth-order valence-corrected chi connectivity index (χ4v) is 2.52. The molecule has 0 spiro atoms. The van der Waals surface area contributed by atoms with Crippen LogP contribution in [0, 0.1) is 0 Å². The number of amides is 1. The minimum Gasteiger partial charge on any atom is -0.369 e. The third-order valence-electron chi connectivity index (χ3n) is 3.53. The van der Waals surface area contributed by atoms with Gasteiger partial charge in [0.05, 0.1) is 12.2 Å². The number of nitrogens with zero attached hydrogens (tertiary/aromatic N) is 4. The number of nitrogens with one attached hydrogen (secondary N) is 1. The fraction of sp³-hybridized carbons (Fsp3) is 0.357. The predicted octanol–water partition coefficient (Wildman–Crippen LogP) is 1.38. The molecule has 2 aromatic rings. The molecular weight excluding hydrogens is 254 g/mol. The first kappa shape index (κ1) is 12.7. The molecule has 0 aromatic carbocycles. The van der Waals surface area contributed by atoms with Crippen LogP contribution >= 0.6 is 0 Å². The summed E-state index contributed by atoms with van der Waals surface area (Å²) in [5, 5.41) is 7.69. The highest BCUT2D eigenvalue weighted by molar-refractivity contribution is 5.98. The van der Waals surface area contributed by atoms with Gasteiger partial charge in [0.25, 0.3) is 5.91 Å². The number of hydrogen-bond donors (Lipinski definition) is 1. The van der Waals surface area contributed by atoms with Gasteiger partial charge in [0, 0.05) is 33.0 Å². The molecule has 0 fully saturated rings. The van der Waals surface area contributed by atoms with Gasteiger partial charge in [0.2, 0.25) is 0 Å². The van der Waals surface area contributed by atoms with Gasteiger partial charge in [-0.05, 0) is 24.1 Å². The maximum Gasteiger partial charge on any atom is 0.258 e. The molecule has 1 atom stereocenters. The number of carbonyl (C=O) groups excluding carboxylic acids is 1. The Morgan fingerprint density at radius 3 is 2.85 bits per heavy atom. The molecule has 104 valence electrons. The molecular formula is C14H17N5O. The number of aromatic nitrogens is 3. The largest absolute Gasteiger partial charge is 0.369 e. The molecule has 1 aliphatic heterocycles. The third kappa shape index (κ3) is 2.03. The summed E-state index contributed by atoms with van der Waals surface area (Å²) in [6, 6.07) is 4.14. The first-order valence-electron chi connectivity index (χ1n) is 6.61. The van der Waals surface area contributed by atoms with Gasteiger partial charge in [-0.25, -0.2) is 4.68 Å². The minimum atomic E-state index is -0.0332. The summed E-state index contributed by atoms with van der Waals surface area (Å²) >= 11 is 0. The van der Waals surface area contributed by atoms with Gasteiger partial charge in [-0.1, -0.05) is 0 Å². The van der Waals surface area contributed by atoms with Crippen LogP contribution in [0.4, 0.5) is 5.82 Å². The van der Waals surface area contributed by atoms with Crippen molar-refractivity contribution >= 4 is 11.7 Å². The van der Waals surface area contributed by atoms with Crippen LogP contribution in [0.1, 0.15) is 28.4 Å². The van der Waals surface area contributed by atoms with Gasteiger partial charge >= 0.3 is 0 Å². The number of anilines is 1. The molecule has 3 heterocycles. The van der Waals surface area contributed by atoms with Gasteiger partial charge in [0.1, 0.15) is 11.4 Å². The monoisotopic (exact) mass is 271 g/mol. The van der Waals surface area contributed by atoms with E-state index >= 15 is 0 Å². The highest BCUT2D eigenvalue weighted by Crippen LogP contribution is 2.31. The number of carbonyl (C=O) groups is 1. The zero-order chi connectivity index (χ0) is 14.1. The molecule has 6 heteroatoms. The van der Waals surface area contributed by atoms with E-state index in [1.165, 1.54) is 0 Å². The molecule has 0 saturated carbocycles. The van der Waals surface area contributed by atoms with E-state index in [1.54, 1.807) is 37.6 Å². The van der Waals surface area contributed by atoms with Crippen molar-refractivity contribution in [1.29, 1.82) is 0 Å². The van der Waals surface area contributed by atoms with Gasteiger partial charge in [0.15, 0.2) is 0 Å². The number of fused-ring (bicyclic) bond motifs is 1. The summed E-state index contributed by atoms with van der Waals surface area (Å²) in [6.45, 7) is 0.826. The van der Waals surface area contributed by atoms with E-state index in [0.29, 0.717) is 5.56 Å². The summed E-state index contributed by atoms with van der Waals surface area (Å²) in [5.74, 6) is 0.769. The number of hydrogen-bond acceptors (Lipinski definition) is 4. The Morgan fingerprint density at radius 1 is 1.40 bits per heavy atom. The van der Waals surface area contributed by atoms with E-state index in [4.69, 9.17) is 0 Å². The second-order valence-corrected chi connectivity index (χ2v) is 5.06. The Labute approximate surface area is 117 Å². The standard InChI is InChI=1S/C14H17N5O/c1-18(2)14(20)11-9-17-19-12(5-8-16-13(11)19)10-3-6-15-7-4-10/h3-4,6-7,9,12,16H,5,8H2,1-2H3. The summed E-state index contributed by atoms with van der Waals surface area (Å²) in [4.78, 5) is 17.8. The predicted molar refractivity (Wildman–Crippen MR) is 75.7 cm³/mol. The lowest BCUT2D eigenvalue weighted by atomic mass is 10.0. The van der Waals surface area contributed by atoms with Crippen LogP contribution in [-0.2, 0) is 0 Å². The van der Waals surface area contributed by atoms with Crippen molar-refractivity contribution in [3.8, 4) is 0 Å². The van der Waals surface area contributed by atoms with Crippen LogP contribution in [0.2, 0.25) is 0 Å². The summed E-state index contributed by atoms with van der Waals surface area (Å²) < 4.78 is 1.90.